The van der Waals surface area contributed by atoms with Crippen LogP contribution in [0, 0.1) is 44.9 Å². The van der Waals surface area contributed by atoms with Gasteiger partial charge in [0.2, 0.25) is 11.7 Å². The molecule has 0 radical (unpaired) electrons. The van der Waals surface area contributed by atoms with E-state index in [1.165, 1.54) is 0 Å². The minimum Gasteiger partial charge on any atom is -0.479 e. The number of H-pyrrole nitrogens is 1. The van der Waals surface area contributed by atoms with Crippen LogP contribution in [0.15, 0.2) is 24.3 Å². The third-order valence-electron chi connectivity index (χ3n) is 9.64. The van der Waals surface area contributed by atoms with Crippen LogP contribution in [-0.2, 0) is 9.59 Å². The van der Waals surface area contributed by atoms with Crippen LogP contribution < -0.4 is 0 Å². The van der Waals surface area contributed by atoms with Gasteiger partial charge >= 0.3 is 5.97 Å². The van der Waals surface area contributed by atoms with Gasteiger partial charge in [0.15, 0.2) is 0 Å². The molecule has 0 aliphatic heterocycles. The number of aryl methyl sites for hydroxylation is 2. The van der Waals surface area contributed by atoms with E-state index >= 15 is 0 Å². The number of nitrogens with zero attached hydrogens (tertiary/aromatic N) is 4. The monoisotopic (exact) mass is 589 g/mol. The lowest BCUT2D eigenvalue weighted by Crippen LogP contribution is -2.62. The molecule has 0 aliphatic carbocycles. The lowest BCUT2D eigenvalue weighted by atomic mass is 9.66. The zero-order chi connectivity index (χ0) is 32.4. The molecule has 1 amide bonds. The molecule has 0 fully saturated rings. The highest BCUT2D eigenvalue weighted by atomic mass is 16.4. The Labute approximate surface area is 257 Å². The van der Waals surface area contributed by atoms with E-state index in [9.17, 15) is 14.7 Å². The van der Waals surface area contributed by atoms with Crippen LogP contribution in [0.25, 0.3) is 22.5 Å². The van der Waals surface area contributed by atoms with Crippen LogP contribution in [0.3, 0.4) is 0 Å². The number of hydrogen-bond donors (Lipinski definition) is 2. The Kier molecular flexibility index (Phi) is 10.2. The predicted molar refractivity (Wildman–Crippen MR) is 173 cm³/mol. The quantitative estimate of drug-likeness (QED) is 0.234. The molecule has 0 spiro atoms. The summed E-state index contributed by atoms with van der Waals surface area (Å²) in [7, 11) is 0. The van der Waals surface area contributed by atoms with Gasteiger partial charge in [0.05, 0.1) is 6.04 Å². The van der Waals surface area contributed by atoms with Crippen molar-refractivity contribution >= 4 is 11.9 Å². The number of carboxylic acid groups (broad SMARTS) is 1. The molecule has 234 valence electrons. The van der Waals surface area contributed by atoms with Gasteiger partial charge in [0, 0.05) is 12.0 Å². The zero-order valence-electron chi connectivity index (χ0n) is 28.2. The second kappa shape index (κ2) is 13.0. The van der Waals surface area contributed by atoms with Crippen LogP contribution in [0.4, 0.5) is 0 Å². The molecular weight excluding hydrogens is 538 g/mol. The van der Waals surface area contributed by atoms with Crippen molar-refractivity contribution in [1.29, 1.82) is 0 Å². The van der Waals surface area contributed by atoms with E-state index in [1.807, 2.05) is 26.0 Å². The standard InChI is InChI=1S/C35H51N5O3/c1-13-20(3)18-29(41)40(35(12,33(42)43)28(14-2)34(9,10)11)25(8)30-22(5)19-27(23(6)24(30)7)31-21(4)16-15-17-26(31)32-36-38-39-37-32/h15-17,19-20,25,28H,13-14,18H2,1-12H3,(H,42,43)(H,36,37,38,39)/t20?,25?,28?,35-/m0/s1. The normalized spacial score (nSPS) is 15.4. The molecule has 3 rings (SSSR count). The van der Waals surface area contributed by atoms with Crippen LogP contribution in [0.2, 0.25) is 0 Å². The smallest absolute Gasteiger partial charge is 0.329 e. The number of tetrazole rings is 1. The topological polar surface area (TPSA) is 112 Å². The molecule has 0 bridgehead atoms. The van der Waals surface area contributed by atoms with E-state index in [-0.39, 0.29) is 23.2 Å². The lowest BCUT2D eigenvalue weighted by molar-refractivity contribution is -0.170. The van der Waals surface area contributed by atoms with Gasteiger partial charge in [-0.15, -0.1) is 10.2 Å². The van der Waals surface area contributed by atoms with Crippen molar-refractivity contribution in [2.24, 2.45) is 17.3 Å². The summed E-state index contributed by atoms with van der Waals surface area (Å²) in [5.41, 5.74) is 6.43. The summed E-state index contributed by atoms with van der Waals surface area (Å²) >= 11 is 0. The Morgan fingerprint density at radius 2 is 1.60 bits per heavy atom. The van der Waals surface area contributed by atoms with E-state index in [2.05, 4.69) is 95.1 Å². The summed E-state index contributed by atoms with van der Waals surface area (Å²) in [5.74, 6) is -0.685. The average Bonchev–Trinajstić information content (AvgIpc) is 3.45. The highest BCUT2D eigenvalue weighted by molar-refractivity contribution is 5.88. The van der Waals surface area contributed by atoms with Crippen molar-refractivity contribution in [2.75, 3.05) is 0 Å². The molecule has 8 heteroatoms. The number of aromatic nitrogens is 4. The number of hydrogen-bond acceptors (Lipinski definition) is 5. The third kappa shape index (κ3) is 6.38. The molecule has 4 atom stereocenters. The van der Waals surface area contributed by atoms with Gasteiger partial charge in [-0.25, -0.2) is 4.79 Å². The van der Waals surface area contributed by atoms with Gasteiger partial charge in [-0.2, -0.15) is 5.21 Å². The minimum absolute atomic E-state index is 0.117. The van der Waals surface area contributed by atoms with Crippen molar-refractivity contribution in [3.8, 4) is 22.5 Å². The van der Waals surface area contributed by atoms with Crippen LogP contribution in [-0.4, -0.2) is 48.0 Å². The summed E-state index contributed by atoms with van der Waals surface area (Å²) in [6.07, 6.45) is 1.78. The summed E-state index contributed by atoms with van der Waals surface area (Å²) in [6, 6.07) is 7.76. The molecule has 2 aromatic carbocycles. The predicted octanol–water partition coefficient (Wildman–Crippen LogP) is 8.01. The number of amides is 1. The number of aromatic amines is 1. The van der Waals surface area contributed by atoms with E-state index < -0.39 is 17.6 Å². The van der Waals surface area contributed by atoms with Crippen LogP contribution >= 0.6 is 0 Å². The summed E-state index contributed by atoms with van der Waals surface area (Å²) in [4.78, 5) is 29.4. The maximum Gasteiger partial charge on any atom is 0.329 e. The molecule has 0 saturated heterocycles. The number of aliphatic carboxylic acids is 1. The number of rotatable bonds is 11. The van der Waals surface area contributed by atoms with Gasteiger partial charge in [0.25, 0.3) is 0 Å². The zero-order valence-corrected chi connectivity index (χ0v) is 28.2. The number of carboxylic acids is 1. The molecule has 0 saturated carbocycles. The first kappa shape index (κ1) is 33.9. The van der Waals surface area contributed by atoms with Crippen molar-refractivity contribution < 1.29 is 14.7 Å². The van der Waals surface area contributed by atoms with Gasteiger partial charge in [0.1, 0.15) is 5.54 Å². The molecule has 8 nitrogen and oxygen atoms in total. The fourth-order valence-electron chi connectivity index (χ4n) is 7.31. The van der Waals surface area contributed by atoms with Crippen molar-refractivity contribution in [3.05, 3.63) is 52.1 Å². The first-order valence-electron chi connectivity index (χ1n) is 15.5. The van der Waals surface area contributed by atoms with Crippen molar-refractivity contribution in [1.82, 2.24) is 25.5 Å². The fraction of sp³-hybridized carbons (Fsp3) is 0.571. The number of benzene rings is 2. The minimum atomic E-state index is -1.41. The second-order valence-corrected chi connectivity index (χ2v) is 13.6. The molecule has 43 heavy (non-hydrogen) atoms. The number of nitrogens with one attached hydrogen (secondary N) is 1. The first-order valence-corrected chi connectivity index (χ1v) is 15.5. The van der Waals surface area contributed by atoms with E-state index in [0.717, 1.165) is 50.9 Å². The van der Waals surface area contributed by atoms with Crippen molar-refractivity contribution in [2.45, 2.75) is 114 Å². The maximum atomic E-state index is 14.3. The highest BCUT2D eigenvalue weighted by Gasteiger charge is 2.53. The summed E-state index contributed by atoms with van der Waals surface area (Å²) in [5, 5.41) is 25.8. The van der Waals surface area contributed by atoms with E-state index in [4.69, 9.17) is 0 Å². The van der Waals surface area contributed by atoms with Gasteiger partial charge in [-0.3, -0.25) is 4.79 Å². The second-order valence-electron chi connectivity index (χ2n) is 13.6. The van der Waals surface area contributed by atoms with Gasteiger partial charge in [-0.05, 0) is 109 Å². The Bertz CT molecular complexity index is 1460. The van der Waals surface area contributed by atoms with E-state index in [1.54, 1.807) is 11.8 Å². The lowest BCUT2D eigenvalue weighted by Gasteiger charge is -2.51. The summed E-state index contributed by atoms with van der Waals surface area (Å²) in [6.45, 7) is 24.4. The van der Waals surface area contributed by atoms with E-state index in [0.29, 0.717) is 18.7 Å². The molecule has 2 N–H and O–H groups in total. The molecule has 3 aromatic rings. The summed E-state index contributed by atoms with van der Waals surface area (Å²) < 4.78 is 0. The Morgan fingerprint density at radius 3 is 2.12 bits per heavy atom. The molecule has 1 heterocycles. The maximum absolute atomic E-state index is 14.3. The Hall–Kier alpha value is -3.55. The number of carbonyl (C=O) groups is 2. The Morgan fingerprint density at radius 1 is 0.953 bits per heavy atom. The van der Waals surface area contributed by atoms with Crippen LogP contribution in [0.5, 0.6) is 0 Å². The molecular formula is C35H51N5O3. The molecule has 3 unspecified atom stereocenters. The number of carbonyl (C=O) groups excluding carboxylic acids is 1. The molecule has 1 aromatic heterocycles. The van der Waals surface area contributed by atoms with Gasteiger partial charge in [-0.1, -0.05) is 72.2 Å². The van der Waals surface area contributed by atoms with Crippen LogP contribution in [0.1, 0.15) is 109 Å². The van der Waals surface area contributed by atoms with Gasteiger partial charge < -0.3 is 10.0 Å². The highest BCUT2D eigenvalue weighted by Crippen LogP contribution is 2.46. The third-order valence-corrected chi connectivity index (χ3v) is 9.64. The van der Waals surface area contributed by atoms with Crippen molar-refractivity contribution in [3.63, 3.8) is 0 Å². The molecule has 0 aliphatic rings. The first-order chi connectivity index (χ1) is 20.0. The fourth-order valence-corrected chi connectivity index (χ4v) is 7.31. The SMILES string of the molecule is CCC(C)CC(=O)N(C(C)c1c(C)cc(-c2c(C)cccc2-c2nn[nH]n2)c(C)c1C)[C@](C)(C(=O)O)C(CC)C(C)(C)C. The average molecular weight is 590 g/mol. The largest absolute Gasteiger partial charge is 0.479 e. The Balaban J connectivity index is 2.30.